The van der Waals surface area contributed by atoms with Gasteiger partial charge in [0, 0.05) is 61.8 Å². The number of pyridine rings is 1. The Labute approximate surface area is 202 Å². The lowest BCUT2D eigenvalue weighted by atomic mass is 9.99. The Morgan fingerprint density at radius 3 is 2.54 bits per heavy atom. The lowest BCUT2D eigenvalue weighted by Crippen LogP contribution is -2.28. The number of nitrogens with one attached hydrogen (secondary N) is 1. The van der Waals surface area contributed by atoms with Crippen LogP contribution in [0.5, 0.6) is 0 Å². The average molecular weight is 480 g/mol. The maximum Gasteiger partial charge on any atom is 0.258 e. The largest absolute Gasteiger partial charge is 0.381 e. The van der Waals surface area contributed by atoms with E-state index in [1.807, 2.05) is 0 Å². The lowest BCUT2D eigenvalue weighted by molar-refractivity contribution is 0.0835. The van der Waals surface area contributed by atoms with Crippen molar-refractivity contribution < 1.29 is 18.3 Å². The van der Waals surface area contributed by atoms with E-state index in [0.717, 1.165) is 12.8 Å². The number of aromatic nitrogens is 3. The summed E-state index contributed by atoms with van der Waals surface area (Å²) >= 11 is 0. The van der Waals surface area contributed by atoms with Gasteiger partial charge in [0.2, 0.25) is 0 Å². The molecular weight excluding hydrogens is 452 g/mol. The summed E-state index contributed by atoms with van der Waals surface area (Å²) in [4.78, 5) is 28.3. The van der Waals surface area contributed by atoms with Crippen LogP contribution >= 0.6 is 0 Å². The topological polar surface area (TPSA) is 80.2 Å². The number of hydrogen-bond acceptors (Lipinski definition) is 6. The molecule has 2 aliphatic rings. The summed E-state index contributed by atoms with van der Waals surface area (Å²) in [5.74, 6) is 0.431. The Bertz CT molecular complexity index is 1210. The van der Waals surface area contributed by atoms with Crippen LogP contribution in [0.15, 0.2) is 48.9 Å². The van der Waals surface area contributed by atoms with E-state index in [2.05, 4.69) is 20.3 Å². The van der Waals surface area contributed by atoms with Crippen LogP contribution in [0.25, 0.3) is 11.1 Å². The first kappa shape index (κ1) is 23.3. The van der Waals surface area contributed by atoms with Crippen LogP contribution in [0, 0.1) is 5.82 Å². The van der Waals surface area contributed by atoms with Crippen LogP contribution in [0.1, 0.15) is 48.3 Å². The summed E-state index contributed by atoms with van der Waals surface area (Å²) in [7, 11) is 0. The zero-order valence-corrected chi connectivity index (χ0v) is 19.5. The molecule has 0 saturated carbocycles. The van der Waals surface area contributed by atoms with Crippen LogP contribution in [0.4, 0.5) is 20.3 Å². The molecule has 1 atom stereocenters. The van der Waals surface area contributed by atoms with Crippen molar-refractivity contribution in [1.29, 1.82) is 0 Å². The average Bonchev–Trinajstić information content (AvgIpc) is 3.24. The molecule has 1 N–H and O–H groups in total. The number of rotatable bonds is 5. The van der Waals surface area contributed by atoms with Gasteiger partial charge in [-0.15, -0.1) is 0 Å². The fourth-order valence-electron chi connectivity index (χ4n) is 4.63. The van der Waals surface area contributed by atoms with Gasteiger partial charge in [-0.1, -0.05) is 18.2 Å². The minimum absolute atomic E-state index is 0.131. The number of halogens is 2. The monoisotopic (exact) mass is 479 g/mol. The molecular formula is C26H27F2N5O2. The molecule has 182 valence electrons. The highest BCUT2D eigenvalue weighted by atomic mass is 19.1. The van der Waals surface area contributed by atoms with Gasteiger partial charge in [-0.05, 0) is 31.9 Å². The molecule has 7 nitrogen and oxygen atoms in total. The van der Waals surface area contributed by atoms with Gasteiger partial charge in [0.25, 0.3) is 5.91 Å². The highest BCUT2D eigenvalue weighted by molar-refractivity contribution is 6.08. The van der Waals surface area contributed by atoms with Gasteiger partial charge >= 0.3 is 0 Å². The van der Waals surface area contributed by atoms with Gasteiger partial charge in [-0.3, -0.25) is 4.79 Å². The summed E-state index contributed by atoms with van der Waals surface area (Å²) in [5.41, 5.74) is 0.0132. The van der Waals surface area contributed by atoms with Crippen molar-refractivity contribution in [2.45, 2.75) is 37.8 Å². The lowest BCUT2D eigenvalue weighted by Gasteiger charge is -2.24. The van der Waals surface area contributed by atoms with E-state index < -0.39 is 17.4 Å². The highest BCUT2D eigenvalue weighted by Crippen LogP contribution is 2.39. The van der Waals surface area contributed by atoms with E-state index in [-0.39, 0.29) is 18.0 Å². The standard InChI is InChI=1S/C26H27F2N5O2/c1-26(28)9-11-33(16-26)24-22(20(6-10-29-24)19-4-2-3-5-21(19)27)32-25(34)18-14-30-23(31-15-18)17-7-12-35-13-8-17/h2-6,10,14-15,17H,7-9,11-13,16H2,1H3,(H,32,34). The van der Waals surface area contributed by atoms with Gasteiger partial charge < -0.3 is 15.0 Å². The van der Waals surface area contributed by atoms with Crippen LogP contribution in [-0.4, -0.2) is 52.8 Å². The molecule has 1 aromatic carbocycles. The van der Waals surface area contributed by atoms with Gasteiger partial charge in [0.1, 0.15) is 17.3 Å². The van der Waals surface area contributed by atoms with Crippen molar-refractivity contribution in [1.82, 2.24) is 15.0 Å². The van der Waals surface area contributed by atoms with E-state index in [4.69, 9.17) is 4.74 Å². The zero-order chi connectivity index (χ0) is 24.4. The molecule has 0 aliphatic carbocycles. The van der Waals surface area contributed by atoms with E-state index >= 15 is 0 Å². The van der Waals surface area contributed by atoms with E-state index in [1.54, 1.807) is 42.3 Å². The molecule has 2 aromatic heterocycles. The van der Waals surface area contributed by atoms with Gasteiger partial charge in [0.15, 0.2) is 5.82 Å². The number of ether oxygens (including phenoxy) is 1. The third kappa shape index (κ3) is 5.00. The number of alkyl halides is 1. The van der Waals surface area contributed by atoms with Gasteiger partial charge in [0.05, 0.1) is 17.8 Å². The molecule has 2 saturated heterocycles. The highest BCUT2D eigenvalue weighted by Gasteiger charge is 2.36. The van der Waals surface area contributed by atoms with Crippen LogP contribution < -0.4 is 10.2 Å². The summed E-state index contributed by atoms with van der Waals surface area (Å²) in [6.45, 7) is 3.46. The zero-order valence-electron chi connectivity index (χ0n) is 19.5. The number of carbonyl (C=O) groups excluding carboxylic acids is 1. The Morgan fingerprint density at radius 1 is 1.11 bits per heavy atom. The molecule has 1 amide bonds. The van der Waals surface area contributed by atoms with E-state index in [9.17, 15) is 13.6 Å². The molecule has 4 heterocycles. The molecule has 0 radical (unpaired) electrons. The molecule has 0 spiro atoms. The second-order valence-corrected chi connectivity index (χ2v) is 9.29. The molecule has 2 aliphatic heterocycles. The maximum atomic E-state index is 14.7. The van der Waals surface area contributed by atoms with E-state index in [0.29, 0.717) is 54.6 Å². The first-order valence-electron chi connectivity index (χ1n) is 11.8. The third-order valence-electron chi connectivity index (χ3n) is 6.58. The predicted octanol–water partition coefficient (Wildman–Crippen LogP) is 4.76. The first-order valence-corrected chi connectivity index (χ1v) is 11.8. The minimum atomic E-state index is -1.37. The van der Waals surface area contributed by atoms with Gasteiger partial charge in [-0.25, -0.2) is 23.7 Å². The van der Waals surface area contributed by atoms with Crippen molar-refractivity contribution in [3.8, 4) is 11.1 Å². The number of benzene rings is 1. The van der Waals surface area contributed by atoms with Crippen molar-refractivity contribution >= 4 is 17.4 Å². The number of nitrogens with zero attached hydrogens (tertiary/aromatic N) is 4. The van der Waals surface area contributed by atoms with Crippen LogP contribution in [0.2, 0.25) is 0 Å². The van der Waals surface area contributed by atoms with Crippen LogP contribution in [0.3, 0.4) is 0 Å². The third-order valence-corrected chi connectivity index (χ3v) is 6.58. The molecule has 35 heavy (non-hydrogen) atoms. The Hall–Kier alpha value is -3.46. The Balaban J connectivity index is 1.47. The molecule has 2 fully saturated rings. The SMILES string of the molecule is CC1(F)CCN(c2nccc(-c3ccccc3F)c2NC(=O)c2cnc(C3CCOCC3)nc2)C1. The summed E-state index contributed by atoms with van der Waals surface area (Å²) in [6, 6.07) is 7.97. The molecule has 1 unspecified atom stereocenters. The van der Waals surface area contributed by atoms with E-state index in [1.165, 1.54) is 18.5 Å². The van der Waals surface area contributed by atoms with Crippen molar-refractivity contribution in [3.05, 3.63) is 66.1 Å². The maximum absolute atomic E-state index is 14.7. The fraction of sp³-hybridized carbons (Fsp3) is 0.385. The van der Waals surface area contributed by atoms with Gasteiger partial charge in [-0.2, -0.15) is 0 Å². The number of carbonyl (C=O) groups is 1. The molecule has 3 aromatic rings. The van der Waals surface area contributed by atoms with Crippen LogP contribution in [-0.2, 0) is 4.74 Å². The second kappa shape index (κ2) is 9.65. The predicted molar refractivity (Wildman–Crippen MR) is 129 cm³/mol. The summed E-state index contributed by atoms with van der Waals surface area (Å²) < 4.78 is 34.8. The Morgan fingerprint density at radius 2 is 1.86 bits per heavy atom. The molecule has 9 heteroatoms. The summed E-state index contributed by atoms with van der Waals surface area (Å²) in [6.07, 6.45) is 6.58. The smallest absolute Gasteiger partial charge is 0.258 e. The minimum Gasteiger partial charge on any atom is -0.381 e. The number of amides is 1. The second-order valence-electron chi connectivity index (χ2n) is 9.29. The van der Waals surface area contributed by atoms with Crippen molar-refractivity contribution in [2.24, 2.45) is 0 Å². The number of hydrogen-bond donors (Lipinski definition) is 1. The van der Waals surface area contributed by atoms with Crippen molar-refractivity contribution in [3.63, 3.8) is 0 Å². The normalized spacial score (nSPS) is 20.7. The van der Waals surface area contributed by atoms with Crippen molar-refractivity contribution in [2.75, 3.05) is 36.5 Å². The fourth-order valence-corrected chi connectivity index (χ4v) is 4.63. The molecule has 0 bridgehead atoms. The molecule has 5 rings (SSSR count). The summed E-state index contributed by atoms with van der Waals surface area (Å²) in [5, 5.41) is 2.89. The quantitative estimate of drug-likeness (QED) is 0.568. The Kier molecular flexibility index (Phi) is 6.42. The number of anilines is 2. The first-order chi connectivity index (χ1) is 16.9.